The van der Waals surface area contributed by atoms with E-state index in [1.807, 2.05) is 25.2 Å². The smallest absolute Gasteiger partial charge is 0.141 e. The van der Waals surface area contributed by atoms with Gasteiger partial charge in [0.05, 0.1) is 5.02 Å². The fourth-order valence-electron chi connectivity index (χ4n) is 2.50. The first-order valence-corrected chi connectivity index (χ1v) is 8.08. The van der Waals surface area contributed by atoms with Gasteiger partial charge in [-0.1, -0.05) is 45.7 Å². The van der Waals surface area contributed by atoms with Crippen molar-refractivity contribution in [1.29, 1.82) is 0 Å². The zero-order chi connectivity index (χ0) is 15.2. The first-order valence-electron chi connectivity index (χ1n) is 6.91. The molecule has 0 aliphatic heterocycles. The Balaban J connectivity index is 2.09. The molecule has 0 fully saturated rings. The van der Waals surface area contributed by atoms with Crippen LogP contribution in [0.3, 0.4) is 0 Å². The lowest BCUT2D eigenvalue weighted by Gasteiger charge is -2.17. The molecule has 0 aromatic heterocycles. The molecular weight excluding hydrogens is 353 g/mol. The highest BCUT2D eigenvalue weighted by Crippen LogP contribution is 2.21. The third kappa shape index (κ3) is 5.10. The Bertz CT molecular complexity index is 603. The first kappa shape index (κ1) is 16.5. The second-order valence-electron chi connectivity index (χ2n) is 5.21. The molecule has 2 rings (SSSR count). The lowest BCUT2D eigenvalue weighted by molar-refractivity contribution is 0.492. The van der Waals surface area contributed by atoms with Gasteiger partial charge < -0.3 is 5.32 Å². The van der Waals surface area contributed by atoms with E-state index in [1.165, 1.54) is 11.6 Å². The molecule has 2 aromatic rings. The number of hydrogen-bond acceptors (Lipinski definition) is 1. The lowest BCUT2D eigenvalue weighted by atomic mass is 9.92. The van der Waals surface area contributed by atoms with Crippen LogP contribution in [0.5, 0.6) is 0 Å². The number of nitrogens with one attached hydrogen (secondary N) is 1. The van der Waals surface area contributed by atoms with Crippen molar-refractivity contribution in [3.8, 4) is 0 Å². The van der Waals surface area contributed by atoms with Gasteiger partial charge in [-0.3, -0.25) is 0 Å². The van der Waals surface area contributed by atoms with Gasteiger partial charge in [0.15, 0.2) is 0 Å². The topological polar surface area (TPSA) is 12.0 Å². The van der Waals surface area contributed by atoms with Crippen LogP contribution in [0.25, 0.3) is 0 Å². The highest BCUT2D eigenvalue weighted by atomic mass is 79.9. The van der Waals surface area contributed by atoms with Crippen molar-refractivity contribution in [2.45, 2.75) is 12.8 Å². The molecule has 0 heterocycles. The SMILES string of the molecule is CNCC(Cc1cccc(Br)c1)Cc1ccc(F)c(Cl)c1. The second-order valence-corrected chi connectivity index (χ2v) is 6.53. The van der Waals surface area contributed by atoms with E-state index in [0.717, 1.165) is 29.4 Å². The Morgan fingerprint density at radius 2 is 1.86 bits per heavy atom. The van der Waals surface area contributed by atoms with Gasteiger partial charge in [-0.05, 0) is 67.7 Å². The van der Waals surface area contributed by atoms with Crippen molar-refractivity contribution in [3.63, 3.8) is 0 Å². The summed E-state index contributed by atoms with van der Waals surface area (Å²) in [5, 5.41) is 3.42. The van der Waals surface area contributed by atoms with E-state index in [1.54, 1.807) is 6.07 Å². The summed E-state index contributed by atoms with van der Waals surface area (Å²) in [4.78, 5) is 0. The summed E-state index contributed by atoms with van der Waals surface area (Å²) in [6.07, 6.45) is 1.84. The molecule has 4 heteroatoms. The summed E-state index contributed by atoms with van der Waals surface area (Å²) < 4.78 is 14.3. The maximum absolute atomic E-state index is 13.2. The third-order valence-electron chi connectivity index (χ3n) is 3.41. The Morgan fingerprint density at radius 3 is 2.48 bits per heavy atom. The summed E-state index contributed by atoms with van der Waals surface area (Å²) in [7, 11) is 1.95. The van der Waals surface area contributed by atoms with Crippen LogP contribution >= 0.6 is 27.5 Å². The maximum atomic E-state index is 13.2. The maximum Gasteiger partial charge on any atom is 0.141 e. The molecular formula is C17H18BrClFN. The van der Waals surface area contributed by atoms with Crippen LogP contribution in [0.1, 0.15) is 11.1 Å². The van der Waals surface area contributed by atoms with Crippen molar-refractivity contribution in [2.24, 2.45) is 5.92 Å². The standard InChI is InChI=1S/C17H18BrClFN/c1-21-11-14(7-12-3-2-4-15(18)9-12)8-13-5-6-17(20)16(19)10-13/h2-6,9-10,14,21H,7-8,11H2,1H3. The molecule has 1 unspecified atom stereocenters. The van der Waals surface area contributed by atoms with Crippen LogP contribution in [0.15, 0.2) is 46.9 Å². The van der Waals surface area contributed by atoms with Gasteiger partial charge in [-0.25, -0.2) is 4.39 Å². The van der Waals surface area contributed by atoms with E-state index >= 15 is 0 Å². The van der Waals surface area contributed by atoms with Gasteiger partial charge in [-0.2, -0.15) is 0 Å². The van der Waals surface area contributed by atoms with Crippen molar-refractivity contribution >= 4 is 27.5 Å². The molecule has 1 N–H and O–H groups in total. The molecule has 0 aliphatic rings. The monoisotopic (exact) mass is 369 g/mol. The number of rotatable bonds is 6. The molecule has 0 radical (unpaired) electrons. The van der Waals surface area contributed by atoms with Gasteiger partial charge in [0.25, 0.3) is 0 Å². The highest BCUT2D eigenvalue weighted by Gasteiger charge is 2.12. The van der Waals surface area contributed by atoms with Crippen LogP contribution in [0.4, 0.5) is 4.39 Å². The van der Waals surface area contributed by atoms with Gasteiger partial charge in [0.2, 0.25) is 0 Å². The molecule has 0 saturated heterocycles. The lowest BCUT2D eigenvalue weighted by Crippen LogP contribution is -2.22. The van der Waals surface area contributed by atoms with Crippen molar-refractivity contribution in [3.05, 3.63) is 68.9 Å². The van der Waals surface area contributed by atoms with Crippen LogP contribution in [0, 0.1) is 11.7 Å². The van der Waals surface area contributed by atoms with E-state index < -0.39 is 0 Å². The Morgan fingerprint density at radius 1 is 1.14 bits per heavy atom. The molecule has 0 aliphatic carbocycles. The third-order valence-corrected chi connectivity index (χ3v) is 4.20. The van der Waals surface area contributed by atoms with Gasteiger partial charge >= 0.3 is 0 Å². The predicted molar refractivity (Wildman–Crippen MR) is 90.4 cm³/mol. The van der Waals surface area contributed by atoms with E-state index in [9.17, 15) is 4.39 Å². The van der Waals surface area contributed by atoms with Crippen LogP contribution < -0.4 is 5.32 Å². The van der Waals surface area contributed by atoms with Gasteiger partial charge in [-0.15, -0.1) is 0 Å². The number of benzene rings is 2. The Hall–Kier alpha value is -0.900. The largest absolute Gasteiger partial charge is 0.319 e. The molecule has 0 spiro atoms. The zero-order valence-electron chi connectivity index (χ0n) is 11.9. The average molecular weight is 371 g/mol. The molecule has 0 bridgehead atoms. The van der Waals surface area contributed by atoms with E-state index in [-0.39, 0.29) is 10.8 Å². The normalized spacial score (nSPS) is 12.4. The number of halogens is 3. The van der Waals surface area contributed by atoms with Crippen LogP contribution in [-0.4, -0.2) is 13.6 Å². The number of hydrogen-bond donors (Lipinski definition) is 1. The molecule has 0 amide bonds. The fourth-order valence-corrected chi connectivity index (χ4v) is 3.15. The summed E-state index contributed by atoms with van der Waals surface area (Å²) in [6, 6.07) is 13.3. The first-order chi connectivity index (χ1) is 10.1. The van der Waals surface area contributed by atoms with Crippen molar-refractivity contribution in [2.75, 3.05) is 13.6 Å². The Labute approximate surface area is 138 Å². The Kier molecular flexibility index (Phi) is 6.22. The molecule has 2 aromatic carbocycles. The minimum atomic E-state index is -0.363. The van der Waals surface area contributed by atoms with Crippen molar-refractivity contribution < 1.29 is 4.39 Å². The second kappa shape index (κ2) is 7.92. The zero-order valence-corrected chi connectivity index (χ0v) is 14.2. The molecule has 0 saturated carbocycles. The van der Waals surface area contributed by atoms with E-state index in [0.29, 0.717) is 5.92 Å². The van der Waals surface area contributed by atoms with Crippen LogP contribution in [0.2, 0.25) is 5.02 Å². The van der Waals surface area contributed by atoms with Crippen LogP contribution in [-0.2, 0) is 12.8 Å². The summed E-state index contributed by atoms with van der Waals surface area (Å²) in [5.74, 6) is 0.0726. The fraction of sp³-hybridized carbons (Fsp3) is 0.294. The average Bonchev–Trinajstić information content (AvgIpc) is 2.43. The minimum absolute atomic E-state index is 0.193. The van der Waals surface area contributed by atoms with Crippen molar-refractivity contribution in [1.82, 2.24) is 5.32 Å². The highest BCUT2D eigenvalue weighted by molar-refractivity contribution is 9.10. The molecule has 1 nitrogen and oxygen atoms in total. The minimum Gasteiger partial charge on any atom is -0.319 e. The molecule has 112 valence electrons. The van der Waals surface area contributed by atoms with E-state index in [2.05, 4.69) is 33.4 Å². The van der Waals surface area contributed by atoms with Gasteiger partial charge in [0, 0.05) is 4.47 Å². The molecule has 21 heavy (non-hydrogen) atoms. The summed E-state index contributed by atoms with van der Waals surface area (Å²) in [6.45, 7) is 0.904. The quantitative estimate of drug-likeness (QED) is 0.765. The summed E-state index contributed by atoms with van der Waals surface area (Å²) >= 11 is 9.36. The summed E-state index contributed by atoms with van der Waals surface area (Å²) in [5.41, 5.74) is 2.36. The van der Waals surface area contributed by atoms with Gasteiger partial charge in [0.1, 0.15) is 5.82 Å². The van der Waals surface area contributed by atoms with E-state index in [4.69, 9.17) is 11.6 Å². The molecule has 1 atom stereocenters. The predicted octanol–water partition coefficient (Wildman–Crippen LogP) is 4.86.